The van der Waals surface area contributed by atoms with Gasteiger partial charge in [-0.15, -0.1) is 0 Å². The molecule has 38 heavy (non-hydrogen) atoms. The monoisotopic (exact) mass is 495 g/mol. The van der Waals surface area contributed by atoms with E-state index in [1.54, 1.807) is 12.1 Å². The molecule has 1 saturated heterocycles. The number of hydrogen-bond donors (Lipinski definition) is 0. The van der Waals surface area contributed by atoms with Crippen molar-refractivity contribution < 1.29 is 9.53 Å². The first-order valence-electron chi connectivity index (χ1n) is 12.8. The first kappa shape index (κ1) is 23.5. The van der Waals surface area contributed by atoms with Gasteiger partial charge < -0.3 is 9.64 Å². The number of nitrogens with zero attached hydrogens (tertiary/aromatic N) is 3. The average Bonchev–Trinajstić information content (AvgIpc) is 3.28. The van der Waals surface area contributed by atoms with Crippen molar-refractivity contribution in [3.8, 4) is 17.9 Å². The van der Waals surface area contributed by atoms with Crippen LogP contribution in [0.3, 0.4) is 0 Å². The number of ketones is 1. The molecule has 0 bridgehead atoms. The van der Waals surface area contributed by atoms with Gasteiger partial charge in [-0.05, 0) is 41.5 Å². The Morgan fingerprint density at radius 1 is 0.921 bits per heavy atom. The van der Waals surface area contributed by atoms with Crippen molar-refractivity contribution in [2.24, 2.45) is 5.41 Å². The summed E-state index contributed by atoms with van der Waals surface area (Å²) in [6.07, 6.45) is 3.94. The molecule has 4 aromatic carbocycles. The Kier molecular flexibility index (Phi) is 5.70. The fourth-order valence-electron chi connectivity index (χ4n) is 6.13. The average molecular weight is 496 g/mol. The van der Waals surface area contributed by atoms with Gasteiger partial charge in [0.25, 0.3) is 0 Å². The Balaban J connectivity index is 1.61. The molecule has 5 nitrogen and oxygen atoms in total. The standard InChI is InChI=1S/C33H25N3O2/c1-2-38-25-15-12-23(13-16-25)30-31(32(37)24-9-4-3-5-10-24)36-28-18-14-22-8-6-7-11-26(22)27(28)17-19-29(36)33(30,20-34)21-35/h3-19,29-31H,2H2,1H3/t29-,30+,31+/m0/s1. The minimum Gasteiger partial charge on any atom is -0.494 e. The third-order valence-electron chi connectivity index (χ3n) is 7.79. The molecule has 4 aromatic rings. The van der Waals surface area contributed by atoms with Crippen molar-refractivity contribution in [2.75, 3.05) is 11.5 Å². The van der Waals surface area contributed by atoms with Gasteiger partial charge in [0.15, 0.2) is 11.2 Å². The van der Waals surface area contributed by atoms with Crippen LogP contribution < -0.4 is 9.64 Å². The number of fused-ring (bicyclic) bond motifs is 5. The number of rotatable bonds is 5. The summed E-state index contributed by atoms with van der Waals surface area (Å²) in [5, 5.41) is 23.5. The van der Waals surface area contributed by atoms with E-state index in [1.807, 2.05) is 90.7 Å². The number of nitriles is 2. The summed E-state index contributed by atoms with van der Waals surface area (Å²) in [4.78, 5) is 16.4. The number of hydrogen-bond acceptors (Lipinski definition) is 5. The van der Waals surface area contributed by atoms with Gasteiger partial charge in [-0.3, -0.25) is 4.79 Å². The number of benzene rings is 4. The highest BCUT2D eigenvalue weighted by atomic mass is 16.5. The fraction of sp³-hybridized carbons (Fsp3) is 0.182. The lowest BCUT2D eigenvalue weighted by molar-refractivity contribution is 0.0951. The molecular formula is C33H25N3O2. The van der Waals surface area contributed by atoms with E-state index in [4.69, 9.17) is 4.74 Å². The zero-order valence-electron chi connectivity index (χ0n) is 20.9. The molecule has 6 rings (SSSR count). The van der Waals surface area contributed by atoms with Crippen molar-refractivity contribution in [1.82, 2.24) is 0 Å². The Hall–Kier alpha value is -4.87. The van der Waals surface area contributed by atoms with Crippen molar-refractivity contribution >= 4 is 28.3 Å². The largest absolute Gasteiger partial charge is 0.494 e. The highest BCUT2D eigenvalue weighted by Crippen LogP contribution is 2.56. The van der Waals surface area contributed by atoms with Crippen LogP contribution in [-0.4, -0.2) is 24.5 Å². The first-order chi connectivity index (χ1) is 18.6. The smallest absolute Gasteiger partial charge is 0.185 e. The van der Waals surface area contributed by atoms with Crippen LogP contribution in [0.25, 0.3) is 16.8 Å². The highest BCUT2D eigenvalue weighted by Gasteiger charge is 2.63. The lowest BCUT2D eigenvalue weighted by Gasteiger charge is -2.36. The van der Waals surface area contributed by atoms with Gasteiger partial charge in [0.05, 0.1) is 24.8 Å². The first-order valence-corrected chi connectivity index (χ1v) is 12.8. The van der Waals surface area contributed by atoms with Crippen LogP contribution in [0, 0.1) is 28.1 Å². The zero-order chi connectivity index (χ0) is 26.3. The van der Waals surface area contributed by atoms with Crippen molar-refractivity contribution in [3.05, 3.63) is 114 Å². The van der Waals surface area contributed by atoms with E-state index in [1.165, 1.54) is 0 Å². The molecule has 2 aliphatic rings. The van der Waals surface area contributed by atoms with Crippen LogP contribution in [0.15, 0.2) is 97.1 Å². The molecule has 5 heteroatoms. The quantitative estimate of drug-likeness (QED) is 0.295. The molecule has 0 N–H and O–H groups in total. The van der Waals surface area contributed by atoms with Crippen molar-refractivity contribution in [3.63, 3.8) is 0 Å². The third kappa shape index (κ3) is 3.40. The van der Waals surface area contributed by atoms with E-state index in [0.29, 0.717) is 17.9 Å². The topological polar surface area (TPSA) is 77.1 Å². The molecule has 0 unspecified atom stereocenters. The number of carbonyl (C=O) groups is 1. The fourth-order valence-corrected chi connectivity index (χ4v) is 6.13. The number of ether oxygens (including phenoxy) is 1. The van der Waals surface area contributed by atoms with Crippen LogP contribution in [0.5, 0.6) is 5.75 Å². The van der Waals surface area contributed by atoms with E-state index < -0.39 is 23.4 Å². The summed E-state index contributed by atoms with van der Waals surface area (Å²) in [5.74, 6) is -0.0987. The number of carbonyl (C=O) groups excluding carboxylic acids is 1. The van der Waals surface area contributed by atoms with Gasteiger partial charge in [0, 0.05) is 22.7 Å². The van der Waals surface area contributed by atoms with Crippen LogP contribution in [-0.2, 0) is 0 Å². The summed E-state index contributed by atoms with van der Waals surface area (Å²) in [6.45, 7) is 2.45. The maximum atomic E-state index is 14.3. The van der Waals surface area contributed by atoms with E-state index in [0.717, 1.165) is 27.6 Å². The van der Waals surface area contributed by atoms with Gasteiger partial charge in [-0.25, -0.2) is 0 Å². The minimum absolute atomic E-state index is 0.115. The van der Waals surface area contributed by atoms with Gasteiger partial charge in [0.1, 0.15) is 11.8 Å². The van der Waals surface area contributed by atoms with Gasteiger partial charge in [-0.1, -0.05) is 84.9 Å². The highest BCUT2D eigenvalue weighted by molar-refractivity contribution is 6.06. The molecule has 0 amide bonds. The molecule has 2 heterocycles. The van der Waals surface area contributed by atoms with Gasteiger partial charge >= 0.3 is 0 Å². The predicted octanol–water partition coefficient (Wildman–Crippen LogP) is 6.52. The maximum absolute atomic E-state index is 14.3. The van der Waals surface area contributed by atoms with E-state index in [-0.39, 0.29) is 5.78 Å². The summed E-state index contributed by atoms with van der Waals surface area (Å²) >= 11 is 0. The zero-order valence-corrected chi connectivity index (χ0v) is 20.9. The summed E-state index contributed by atoms with van der Waals surface area (Å²) in [5.41, 5.74) is 1.67. The van der Waals surface area contributed by atoms with Crippen molar-refractivity contribution in [2.45, 2.75) is 24.9 Å². The molecule has 184 valence electrons. The van der Waals surface area contributed by atoms with Crippen LogP contribution in [0.2, 0.25) is 0 Å². The predicted molar refractivity (Wildman–Crippen MR) is 148 cm³/mol. The molecule has 2 aliphatic heterocycles. The van der Waals surface area contributed by atoms with Crippen molar-refractivity contribution in [1.29, 1.82) is 10.5 Å². The molecular weight excluding hydrogens is 470 g/mol. The second-order valence-electron chi connectivity index (χ2n) is 9.68. The Morgan fingerprint density at radius 3 is 2.34 bits per heavy atom. The second kappa shape index (κ2) is 9.21. The van der Waals surface area contributed by atoms with Crippen LogP contribution >= 0.6 is 0 Å². The lowest BCUT2D eigenvalue weighted by Crippen LogP contribution is -2.44. The Bertz CT molecular complexity index is 1630. The molecule has 0 aromatic heterocycles. The SMILES string of the molecule is CCOc1ccc([C@@H]2[C@H](C(=O)c3ccccc3)N3c4ccc5ccccc5c4C=C[C@H]3C2(C#N)C#N)cc1. The van der Waals surface area contributed by atoms with Gasteiger partial charge in [0.2, 0.25) is 0 Å². The third-order valence-corrected chi connectivity index (χ3v) is 7.79. The molecule has 0 radical (unpaired) electrons. The molecule has 0 aliphatic carbocycles. The molecule has 0 saturated carbocycles. The molecule has 0 spiro atoms. The summed E-state index contributed by atoms with van der Waals surface area (Å²) < 4.78 is 5.64. The number of anilines is 1. The minimum atomic E-state index is -1.48. The van der Waals surface area contributed by atoms with E-state index in [9.17, 15) is 15.3 Å². The van der Waals surface area contributed by atoms with E-state index >= 15 is 0 Å². The van der Waals surface area contributed by atoms with E-state index in [2.05, 4.69) is 24.3 Å². The Labute approximate surface area is 221 Å². The molecule has 3 atom stereocenters. The van der Waals surface area contributed by atoms with Crippen LogP contribution in [0.1, 0.15) is 34.3 Å². The van der Waals surface area contributed by atoms with Gasteiger partial charge in [-0.2, -0.15) is 10.5 Å². The van der Waals surface area contributed by atoms with Crippen LogP contribution in [0.4, 0.5) is 5.69 Å². The maximum Gasteiger partial charge on any atom is 0.185 e. The number of Topliss-reactive ketones (excluding diaryl/α,β-unsaturated/α-hetero) is 1. The summed E-state index contributed by atoms with van der Waals surface area (Å²) in [6, 6.07) is 32.2. The second-order valence-corrected chi connectivity index (χ2v) is 9.68. The normalized spacial score (nSPS) is 20.7. The summed E-state index contributed by atoms with van der Waals surface area (Å²) in [7, 11) is 0. The lowest BCUT2D eigenvalue weighted by atomic mass is 9.69. The Morgan fingerprint density at radius 2 is 1.63 bits per heavy atom. The molecule has 1 fully saturated rings.